The summed E-state index contributed by atoms with van der Waals surface area (Å²) < 4.78 is 16.8. The van der Waals surface area contributed by atoms with Crippen molar-refractivity contribution in [2.75, 3.05) is 27.4 Å². The van der Waals surface area contributed by atoms with Crippen LogP contribution in [0.1, 0.15) is 30.9 Å². The second-order valence-electron chi connectivity index (χ2n) is 5.63. The molecule has 0 aromatic heterocycles. The summed E-state index contributed by atoms with van der Waals surface area (Å²) in [4.78, 5) is 12.2. The summed E-state index contributed by atoms with van der Waals surface area (Å²) in [5.74, 6) is -0.0363. The van der Waals surface area contributed by atoms with E-state index in [0.717, 1.165) is 12.0 Å². The molecule has 0 aliphatic heterocycles. The van der Waals surface area contributed by atoms with Gasteiger partial charge in [-0.3, -0.25) is 4.79 Å². The van der Waals surface area contributed by atoms with E-state index in [4.69, 9.17) is 19.0 Å². The number of amides is 1. The maximum absolute atomic E-state index is 12.2. The number of nitrogens with one attached hydrogen (secondary N) is 1. The zero-order chi connectivity index (χ0) is 18.5. The first-order chi connectivity index (χ1) is 12.1. The highest BCUT2D eigenvalue weighted by molar-refractivity contribution is 6.60. The molecule has 0 saturated carbocycles. The maximum Gasteiger partial charge on any atom is 0.500 e. The molecule has 0 saturated heterocycles. The Bertz CT molecular complexity index is 509. The monoisotopic (exact) mass is 366 g/mol. The Balaban J connectivity index is 2.47. The molecule has 1 atom stereocenters. The molecule has 0 bridgehead atoms. The summed E-state index contributed by atoms with van der Waals surface area (Å²) in [6.07, 6.45) is 3.48. The number of hydrogen-bond acceptors (Lipinski definition) is 5. The van der Waals surface area contributed by atoms with E-state index in [1.54, 1.807) is 20.3 Å². The summed E-state index contributed by atoms with van der Waals surface area (Å²) in [5.41, 5.74) is 6.49. The molecule has 0 heterocycles. The highest BCUT2D eigenvalue weighted by Gasteiger charge is 2.38. The molecule has 0 fully saturated rings. The van der Waals surface area contributed by atoms with Gasteiger partial charge in [0.1, 0.15) is 0 Å². The molecule has 3 N–H and O–H groups in total. The van der Waals surface area contributed by atoms with Crippen molar-refractivity contribution in [3.63, 3.8) is 0 Å². The number of carbonyl (C=O) groups excluding carboxylic acids is 1. The minimum Gasteiger partial charge on any atom is -0.377 e. The van der Waals surface area contributed by atoms with Gasteiger partial charge in [-0.1, -0.05) is 36.4 Å². The Hall–Kier alpha value is -1.51. The van der Waals surface area contributed by atoms with Crippen molar-refractivity contribution in [2.24, 2.45) is 5.73 Å². The fourth-order valence-corrected chi connectivity index (χ4v) is 4.46. The van der Waals surface area contributed by atoms with Crippen LogP contribution in [-0.4, -0.2) is 42.1 Å². The van der Waals surface area contributed by atoms with Crippen molar-refractivity contribution in [3.05, 3.63) is 48.6 Å². The first-order valence-electron chi connectivity index (χ1n) is 8.52. The van der Waals surface area contributed by atoms with Gasteiger partial charge in [-0.2, -0.15) is 0 Å². The number of carbonyl (C=O) groups is 1. The molecule has 1 unspecified atom stereocenters. The smallest absolute Gasteiger partial charge is 0.377 e. The van der Waals surface area contributed by atoms with Gasteiger partial charge in [0, 0.05) is 33.3 Å². The maximum atomic E-state index is 12.2. The van der Waals surface area contributed by atoms with Crippen molar-refractivity contribution < 1.29 is 18.1 Å². The van der Waals surface area contributed by atoms with Crippen LogP contribution in [0.15, 0.2) is 43.0 Å². The molecular formula is C18H30N2O4Si. The van der Waals surface area contributed by atoms with Crippen LogP contribution in [0.25, 0.3) is 0 Å². The van der Waals surface area contributed by atoms with E-state index in [1.165, 1.54) is 0 Å². The topological polar surface area (TPSA) is 82.8 Å². The van der Waals surface area contributed by atoms with E-state index in [0.29, 0.717) is 32.0 Å². The quantitative estimate of drug-likeness (QED) is 0.318. The lowest BCUT2D eigenvalue weighted by atomic mass is 10.1. The Morgan fingerprint density at radius 3 is 2.52 bits per heavy atom. The standard InChI is InChI=1S/C18H30N2O4Si/c1-4-17(16-10-6-5-7-11-16)20-18(21)12-8-15-25(22-2,23-3)24-14-9-13-19/h4-7,10-11,17H,1,8-9,12-15,19H2,2-3H3,(H,20,21). The summed E-state index contributed by atoms with van der Waals surface area (Å²) in [5, 5.41) is 2.98. The molecule has 0 radical (unpaired) electrons. The lowest BCUT2D eigenvalue weighted by Gasteiger charge is -2.26. The van der Waals surface area contributed by atoms with Crippen LogP contribution in [0.4, 0.5) is 0 Å². The average molecular weight is 367 g/mol. The average Bonchev–Trinajstić information content (AvgIpc) is 2.65. The van der Waals surface area contributed by atoms with Crippen LogP contribution in [0.2, 0.25) is 6.04 Å². The SMILES string of the molecule is C=CC(NC(=O)CCC[Si](OC)(OC)OCCCN)c1ccccc1. The summed E-state index contributed by atoms with van der Waals surface area (Å²) >= 11 is 0. The molecule has 0 spiro atoms. The van der Waals surface area contributed by atoms with E-state index in [2.05, 4.69) is 11.9 Å². The summed E-state index contributed by atoms with van der Waals surface area (Å²) in [6.45, 7) is 4.86. The Morgan fingerprint density at radius 2 is 1.96 bits per heavy atom. The second kappa shape index (κ2) is 11.9. The van der Waals surface area contributed by atoms with E-state index in [-0.39, 0.29) is 11.9 Å². The lowest BCUT2D eigenvalue weighted by molar-refractivity contribution is -0.121. The zero-order valence-electron chi connectivity index (χ0n) is 15.2. The molecule has 0 aliphatic rings. The molecule has 1 rings (SSSR count). The van der Waals surface area contributed by atoms with Gasteiger partial charge in [0.2, 0.25) is 5.91 Å². The molecule has 0 aliphatic carbocycles. The molecule has 25 heavy (non-hydrogen) atoms. The van der Waals surface area contributed by atoms with Crippen LogP contribution in [0.3, 0.4) is 0 Å². The summed E-state index contributed by atoms with van der Waals surface area (Å²) in [7, 11) is 0.454. The largest absolute Gasteiger partial charge is 0.500 e. The lowest BCUT2D eigenvalue weighted by Crippen LogP contribution is -2.44. The van der Waals surface area contributed by atoms with E-state index >= 15 is 0 Å². The molecule has 1 amide bonds. The fourth-order valence-electron chi connectivity index (χ4n) is 2.44. The molecular weight excluding hydrogens is 336 g/mol. The fraction of sp³-hybridized carbons (Fsp3) is 0.500. The van der Waals surface area contributed by atoms with Crippen LogP contribution in [0, 0.1) is 0 Å². The normalized spacial score (nSPS) is 12.6. The molecule has 1 aromatic rings. The minimum atomic E-state index is -2.72. The number of hydrogen-bond donors (Lipinski definition) is 2. The highest BCUT2D eigenvalue weighted by Crippen LogP contribution is 2.19. The van der Waals surface area contributed by atoms with Gasteiger partial charge in [0.25, 0.3) is 0 Å². The van der Waals surface area contributed by atoms with E-state index in [9.17, 15) is 4.79 Å². The third kappa shape index (κ3) is 7.49. The second-order valence-corrected chi connectivity index (χ2v) is 8.60. The van der Waals surface area contributed by atoms with Gasteiger partial charge < -0.3 is 24.3 Å². The van der Waals surface area contributed by atoms with Crippen LogP contribution < -0.4 is 11.1 Å². The van der Waals surface area contributed by atoms with Gasteiger partial charge in [-0.15, -0.1) is 6.58 Å². The zero-order valence-corrected chi connectivity index (χ0v) is 16.2. The van der Waals surface area contributed by atoms with Crippen molar-refractivity contribution in [2.45, 2.75) is 31.3 Å². The van der Waals surface area contributed by atoms with Gasteiger partial charge in [-0.05, 0) is 24.9 Å². The van der Waals surface area contributed by atoms with E-state index in [1.807, 2.05) is 30.3 Å². The van der Waals surface area contributed by atoms with Gasteiger partial charge >= 0.3 is 8.80 Å². The van der Waals surface area contributed by atoms with Gasteiger partial charge in [0.15, 0.2) is 0 Å². The number of nitrogens with two attached hydrogens (primary N) is 1. The minimum absolute atomic E-state index is 0.0363. The predicted molar refractivity (Wildman–Crippen MR) is 101 cm³/mol. The predicted octanol–water partition coefficient (Wildman–Crippen LogP) is 2.41. The molecule has 6 nitrogen and oxygen atoms in total. The Morgan fingerprint density at radius 1 is 1.28 bits per heavy atom. The third-order valence-corrected chi connectivity index (χ3v) is 6.74. The molecule has 1 aromatic carbocycles. The van der Waals surface area contributed by atoms with Crippen molar-refractivity contribution >= 4 is 14.7 Å². The molecule has 7 heteroatoms. The third-order valence-electron chi connectivity index (χ3n) is 3.89. The van der Waals surface area contributed by atoms with Crippen molar-refractivity contribution in [1.29, 1.82) is 0 Å². The van der Waals surface area contributed by atoms with Crippen molar-refractivity contribution in [1.82, 2.24) is 5.32 Å². The Kier molecular flexibility index (Phi) is 10.3. The first-order valence-corrected chi connectivity index (χ1v) is 10.4. The van der Waals surface area contributed by atoms with Crippen LogP contribution in [0.5, 0.6) is 0 Å². The number of benzene rings is 1. The van der Waals surface area contributed by atoms with Crippen LogP contribution >= 0.6 is 0 Å². The summed E-state index contributed by atoms with van der Waals surface area (Å²) in [6, 6.07) is 10.1. The Labute approximate surface area is 151 Å². The van der Waals surface area contributed by atoms with Gasteiger partial charge in [0.05, 0.1) is 6.04 Å². The first kappa shape index (κ1) is 21.5. The highest BCUT2D eigenvalue weighted by atomic mass is 28.4. The van der Waals surface area contributed by atoms with Crippen molar-refractivity contribution in [3.8, 4) is 0 Å². The van der Waals surface area contributed by atoms with Gasteiger partial charge in [-0.25, -0.2) is 0 Å². The van der Waals surface area contributed by atoms with E-state index < -0.39 is 8.80 Å². The number of rotatable bonds is 13. The van der Waals surface area contributed by atoms with Crippen LogP contribution in [-0.2, 0) is 18.1 Å². The molecule has 140 valence electrons.